The molecular weight excluding hydrogens is 448 g/mol. The molecule has 0 radical (unpaired) electrons. The van der Waals surface area contributed by atoms with Gasteiger partial charge in [-0.3, -0.25) is 9.52 Å². The molecule has 10 heteroatoms. The first-order chi connectivity index (χ1) is 15.0. The van der Waals surface area contributed by atoms with Crippen molar-refractivity contribution in [3.63, 3.8) is 0 Å². The highest BCUT2D eigenvalue weighted by Crippen LogP contribution is 2.31. The van der Waals surface area contributed by atoms with Crippen LogP contribution >= 0.6 is 0 Å². The molecule has 0 aliphatic heterocycles. The number of alkyl halides is 3. The summed E-state index contributed by atoms with van der Waals surface area (Å²) < 4.78 is 78.3. The first kappa shape index (κ1) is 23.0. The van der Waals surface area contributed by atoms with E-state index >= 15 is 0 Å². The van der Waals surface area contributed by atoms with Gasteiger partial charge in [-0.05, 0) is 66.2 Å². The molecule has 2 N–H and O–H groups in total. The molecule has 0 atom stereocenters. The number of nitrogens with one attached hydrogen (secondary N) is 2. The predicted molar refractivity (Wildman–Crippen MR) is 113 cm³/mol. The third-order valence-corrected chi connectivity index (χ3v) is 5.57. The van der Waals surface area contributed by atoms with Crippen LogP contribution < -0.4 is 10.0 Å². The number of amides is 1. The van der Waals surface area contributed by atoms with Gasteiger partial charge in [0.05, 0.1) is 10.5 Å². The number of sulfonamides is 1. The van der Waals surface area contributed by atoms with E-state index in [-0.39, 0.29) is 10.6 Å². The monoisotopic (exact) mass is 464 g/mol. The molecule has 3 rings (SSSR count). The summed E-state index contributed by atoms with van der Waals surface area (Å²) in [6.45, 7) is 0. The molecule has 0 aliphatic carbocycles. The van der Waals surface area contributed by atoms with Gasteiger partial charge in [0.15, 0.2) is 0 Å². The summed E-state index contributed by atoms with van der Waals surface area (Å²) in [7, 11) is -4.15. The molecule has 0 spiro atoms. The van der Waals surface area contributed by atoms with Crippen molar-refractivity contribution < 1.29 is 30.8 Å². The van der Waals surface area contributed by atoms with Gasteiger partial charge < -0.3 is 5.32 Å². The topological polar surface area (TPSA) is 75.3 Å². The van der Waals surface area contributed by atoms with Crippen LogP contribution in [-0.4, -0.2) is 14.3 Å². The summed E-state index contributed by atoms with van der Waals surface area (Å²) >= 11 is 0. The molecule has 32 heavy (non-hydrogen) atoms. The Bertz CT molecular complexity index is 1240. The molecule has 0 unspecified atom stereocenters. The maximum absolute atomic E-state index is 12.9. The van der Waals surface area contributed by atoms with Crippen LogP contribution in [0.1, 0.15) is 11.1 Å². The fraction of sp³-hybridized carbons (Fsp3) is 0.0455. The number of carbonyl (C=O) groups is 1. The molecule has 3 aromatic rings. The number of halogens is 4. The molecule has 5 nitrogen and oxygen atoms in total. The van der Waals surface area contributed by atoms with Gasteiger partial charge in [-0.25, -0.2) is 12.8 Å². The molecule has 0 saturated carbocycles. The second kappa shape index (κ2) is 9.23. The molecule has 166 valence electrons. The smallest absolute Gasteiger partial charge is 0.323 e. The van der Waals surface area contributed by atoms with Crippen LogP contribution in [-0.2, 0) is 21.0 Å². The Morgan fingerprint density at radius 3 is 2.16 bits per heavy atom. The van der Waals surface area contributed by atoms with Gasteiger partial charge in [0.2, 0.25) is 5.91 Å². The standard InChI is InChI=1S/C22H16F4N2O3S/c23-17-7-4-15(5-8-17)6-13-21(29)27-18-9-11-20(12-10-18)32(30,31)28-19-3-1-2-16(14-19)22(24,25)26/h1-14,28H,(H,27,29)/b13-6+. The number of rotatable bonds is 6. The lowest BCUT2D eigenvalue weighted by molar-refractivity contribution is -0.137. The highest BCUT2D eigenvalue weighted by atomic mass is 32.2. The Hall–Kier alpha value is -3.66. The largest absolute Gasteiger partial charge is 0.416 e. The fourth-order valence-electron chi connectivity index (χ4n) is 2.62. The Morgan fingerprint density at radius 1 is 0.875 bits per heavy atom. The highest BCUT2D eigenvalue weighted by molar-refractivity contribution is 7.92. The molecule has 0 aromatic heterocycles. The first-order valence-electron chi connectivity index (χ1n) is 9.08. The molecule has 0 fully saturated rings. The Morgan fingerprint density at radius 2 is 1.53 bits per heavy atom. The lowest BCUT2D eigenvalue weighted by atomic mass is 10.2. The van der Waals surface area contributed by atoms with E-state index in [4.69, 9.17) is 0 Å². The molecule has 3 aromatic carbocycles. The van der Waals surface area contributed by atoms with Gasteiger partial charge in [0.1, 0.15) is 5.82 Å². The predicted octanol–water partition coefficient (Wildman–Crippen LogP) is 5.30. The average molecular weight is 464 g/mol. The van der Waals surface area contributed by atoms with E-state index in [1.165, 1.54) is 66.7 Å². The Labute approximate surface area is 181 Å². The molecule has 0 bridgehead atoms. The summed E-state index contributed by atoms with van der Waals surface area (Å²) in [4.78, 5) is 11.8. The van der Waals surface area contributed by atoms with Crippen LogP contribution in [0.25, 0.3) is 6.08 Å². The third kappa shape index (κ3) is 6.17. The van der Waals surface area contributed by atoms with E-state index in [0.29, 0.717) is 17.3 Å². The number of hydrogen-bond donors (Lipinski definition) is 2. The van der Waals surface area contributed by atoms with Gasteiger partial charge >= 0.3 is 6.18 Å². The quantitative estimate of drug-likeness (QED) is 0.384. The van der Waals surface area contributed by atoms with E-state index < -0.39 is 33.5 Å². The van der Waals surface area contributed by atoms with Crippen LogP contribution in [0.2, 0.25) is 0 Å². The lowest BCUT2D eigenvalue weighted by Crippen LogP contribution is -2.14. The first-order valence-corrected chi connectivity index (χ1v) is 10.6. The Balaban J connectivity index is 1.66. The molecule has 0 aliphatic rings. The second-order valence-electron chi connectivity index (χ2n) is 6.58. The van der Waals surface area contributed by atoms with Gasteiger partial charge in [-0.2, -0.15) is 13.2 Å². The fourth-order valence-corrected chi connectivity index (χ4v) is 3.67. The minimum atomic E-state index is -4.60. The van der Waals surface area contributed by atoms with Crippen molar-refractivity contribution in [3.05, 3.63) is 95.8 Å². The zero-order chi connectivity index (χ0) is 23.4. The van der Waals surface area contributed by atoms with E-state index in [1.54, 1.807) is 0 Å². The second-order valence-corrected chi connectivity index (χ2v) is 8.26. The number of carbonyl (C=O) groups excluding carboxylic acids is 1. The van der Waals surface area contributed by atoms with Crippen molar-refractivity contribution in [3.8, 4) is 0 Å². The van der Waals surface area contributed by atoms with Crippen molar-refractivity contribution >= 4 is 33.4 Å². The zero-order valence-electron chi connectivity index (χ0n) is 16.2. The molecule has 1 amide bonds. The van der Waals surface area contributed by atoms with Crippen LogP contribution in [0.15, 0.2) is 83.8 Å². The third-order valence-electron chi connectivity index (χ3n) is 4.17. The maximum atomic E-state index is 12.9. The van der Waals surface area contributed by atoms with E-state index in [0.717, 1.165) is 12.1 Å². The normalized spacial score (nSPS) is 12.0. The molecular formula is C22H16F4N2O3S. The van der Waals surface area contributed by atoms with Crippen LogP contribution in [0.5, 0.6) is 0 Å². The summed E-state index contributed by atoms with van der Waals surface area (Å²) in [6.07, 6.45) is -1.90. The minimum absolute atomic E-state index is 0.199. The highest BCUT2D eigenvalue weighted by Gasteiger charge is 2.30. The maximum Gasteiger partial charge on any atom is 0.416 e. The number of anilines is 2. The number of hydrogen-bond acceptors (Lipinski definition) is 3. The van der Waals surface area contributed by atoms with Crippen LogP contribution in [0, 0.1) is 5.82 Å². The SMILES string of the molecule is O=C(/C=C/c1ccc(F)cc1)Nc1ccc(S(=O)(=O)Nc2cccc(C(F)(F)F)c2)cc1. The van der Waals surface area contributed by atoms with Crippen molar-refractivity contribution in [2.45, 2.75) is 11.1 Å². The van der Waals surface area contributed by atoms with Gasteiger partial charge in [0.25, 0.3) is 10.0 Å². The molecule has 0 saturated heterocycles. The van der Waals surface area contributed by atoms with Crippen molar-refractivity contribution in [1.29, 1.82) is 0 Å². The number of benzene rings is 3. The van der Waals surface area contributed by atoms with E-state index in [2.05, 4.69) is 10.0 Å². The summed E-state index contributed by atoms with van der Waals surface area (Å²) in [6, 6.07) is 14.4. The van der Waals surface area contributed by atoms with Crippen molar-refractivity contribution in [1.82, 2.24) is 0 Å². The van der Waals surface area contributed by atoms with Gasteiger partial charge in [-0.1, -0.05) is 18.2 Å². The van der Waals surface area contributed by atoms with Crippen molar-refractivity contribution in [2.24, 2.45) is 0 Å². The molecule has 0 heterocycles. The van der Waals surface area contributed by atoms with E-state index in [9.17, 15) is 30.8 Å². The summed E-state index contributed by atoms with van der Waals surface area (Å²) in [5.41, 5.74) is -0.298. The summed E-state index contributed by atoms with van der Waals surface area (Å²) in [5.74, 6) is -0.892. The minimum Gasteiger partial charge on any atom is -0.323 e. The van der Waals surface area contributed by atoms with Crippen LogP contribution in [0.3, 0.4) is 0 Å². The van der Waals surface area contributed by atoms with Gasteiger partial charge in [0, 0.05) is 17.5 Å². The van der Waals surface area contributed by atoms with Crippen molar-refractivity contribution in [2.75, 3.05) is 10.0 Å². The van der Waals surface area contributed by atoms with Gasteiger partial charge in [-0.15, -0.1) is 0 Å². The zero-order valence-corrected chi connectivity index (χ0v) is 17.0. The lowest BCUT2D eigenvalue weighted by Gasteiger charge is -2.11. The average Bonchev–Trinajstić information content (AvgIpc) is 2.73. The van der Waals surface area contributed by atoms with Crippen LogP contribution in [0.4, 0.5) is 28.9 Å². The van der Waals surface area contributed by atoms with E-state index in [1.807, 2.05) is 0 Å². The summed E-state index contributed by atoms with van der Waals surface area (Å²) in [5, 5.41) is 2.54. The Kier molecular flexibility index (Phi) is 6.64.